The molecule has 1 saturated heterocycles. The third-order valence-electron chi connectivity index (χ3n) is 5.44. The van der Waals surface area contributed by atoms with Crippen LogP contribution in [0.3, 0.4) is 0 Å². The molecule has 0 spiro atoms. The molecule has 1 aliphatic heterocycles. The Morgan fingerprint density at radius 3 is 2.27 bits per heavy atom. The molecule has 2 aromatic rings. The summed E-state index contributed by atoms with van der Waals surface area (Å²) < 4.78 is 10.9. The van der Waals surface area contributed by atoms with E-state index >= 15 is 0 Å². The van der Waals surface area contributed by atoms with E-state index < -0.39 is 0 Å². The second kappa shape index (κ2) is 10.1. The van der Waals surface area contributed by atoms with Gasteiger partial charge >= 0.3 is 0 Å². The van der Waals surface area contributed by atoms with Gasteiger partial charge in [0.2, 0.25) is 0 Å². The average molecular weight is 411 g/mol. The van der Waals surface area contributed by atoms with Crippen LogP contribution < -0.4 is 14.8 Å². The molecule has 6 heteroatoms. The Hall–Kier alpha value is -3.02. The predicted molar refractivity (Wildman–Crippen MR) is 116 cm³/mol. The monoisotopic (exact) mass is 410 g/mol. The Bertz CT molecular complexity index is 856. The van der Waals surface area contributed by atoms with Crippen LogP contribution in [0.1, 0.15) is 48.5 Å². The fourth-order valence-corrected chi connectivity index (χ4v) is 3.53. The molecule has 1 heterocycles. The lowest BCUT2D eigenvalue weighted by atomic mass is 10.0. The van der Waals surface area contributed by atoms with Crippen molar-refractivity contribution >= 4 is 11.8 Å². The molecule has 1 aliphatic rings. The number of hydrogen-bond donors (Lipinski definition) is 1. The van der Waals surface area contributed by atoms with E-state index in [2.05, 4.69) is 19.2 Å². The van der Waals surface area contributed by atoms with Crippen molar-refractivity contribution in [1.29, 1.82) is 0 Å². The van der Waals surface area contributed by atoms with Gasteiger partial charge in [0.25, 0.3) is 11.8 Å². The summed E-state index contributed by atoms with van der Waals surface area (Å²) in [5, 5.41) is 3.09. The largest absolute Gasteiger partial charge is 0.493 e. The Balaban J connectivity index is 1.45. The molecular formula is C24H30N2O4. The zero-order valence-corrected chi connectivity index (χ0v) is 17.9. The number of likely N-dealkylation sites (tertiary alicyclic amines) is 1. The quantitative estimate of drug-likeness (QED) is 0.757. The average Bonchev–Trinajstić information content (AvgIpc) is 2.78. The minimum absolute atomic E-state index is 0.0282. The number of methoxy groups -OCH3 is 1. The minimum atomic E-state index is -0.0606. The van der Waals surface area contributed by atoms with Gasteiger partial charge in [-0.1, -0.05) is 38.1 Å². The van der Waals surface area contributed by atoms with Gasteiger partial charge in [-0.15, -0.1) is 0 Å². The summed E-state index contributed by atoms with van der Waals surface area (Å²) >= 11 is 0. The number of carbonyl (C=O) groups is 2. The molecule has 1 fully saturated rings. The first kappa shape index (κ1) is 21.7. The van der Waals surface area contributed by atoms with Gasteiger partial charge in [0, 0.05) is 24.7 Å². The molecule has 2 amide bonds. The van der Waals surface area contributed by atoms with E-state index in [0.29, 0.717) is 36.1 Å². The van der Waals surface area contributed by atoms with Crippen molar-refractivity contribution in [2.24, 2.45) is 0 Å². The highest BCUT2D eigenvalue weighted by molar-refractivity contribution is 5.94. The van der Waals surface area contributed by atoms with E-state index in [-0.39, 0.29) is 24.5 Å². The van der Waals surface area contributed by atoms with Crippen molar-refractivity contribution in [3.8, 4) is 11.5 Å². The van der Waals surface area contributed by atoms with Crippen molar-refractivity contribution in [3.63, 3.8) is 0 Å². The van der Waals surface area contributed by atoms with Crippen LogP contribution in [0.5, 0.6) is 11.5 Å². The standard InChI is InChI=1S/C24H30N2O4/c1-17(2)18-8-10-19(11-9-18)24(28)25-20-12-14-26(15-13-20)23(27)16-30-22-7-5-4-6-21(22)29-3/h4-11,17,20H,12-16H2,1-3H3,(H,25,28). The summed E-state index contributed by atoms with van der Waals surface area (Å²) in [6, 6.07) is 15.1. The van der Waals surface area contributed by atoms with Gasteiger partial charge in [-0.25, -0.2) is 0 Å². The van der Waals surface area contributed by atoms with Crippen LogP contribution in [0.2, 0.25) is 0 Å². The summed E-state index contributed by atoms with van der Waals surface area (Å²) in [7, 11) is 1.57. The molecule has 30 heavy (non-hydrogen) atoms. The lowest BCUT2D eigenvalue weighted by Gasteiger charge is -2.32. The minimum Gasteiger partial charge on any atom is -0.493 e. The zero-order valence-electron chi connectivity index (χ0n) is 17.9. The number of rotatable bonds is 7. The lowest BCUT2D eigenvalue weighted by Crippen LogP contribution is -2.47. The van der Waals surface area contributed by atoms with Crippen LogP contribution in [0.25, 0.3) is 0 Å². The molecule has 0 unspecified atom stereocenters. The number of nitrogens with zero attached hydrogens (tertiary/aromatic N) is 1. The Morgan fingerprint density at radius 1 is 1.03 bits per heavy atom. The number of amides is 2. The predicted octanol–water partition coefficient (Wildman–Crippen LogP) is 3.62. The first-order chi connectivity index (χ1) is 14.5. The highest BCUT2D eigenvalue weighted by atomic mass is 16.5. The van der Waals surface area contributed by atoms with Gasteiger partial charge in [0.15, 0.2) is 18.1 Å². The highest BCUT2D eigenvalue weighted by Crippen LogP contribution is 2.25. The number of piperidine rings is 1. The first-order valence-corrected chi connectivity index (χ1v) is 10.4. The topological polar surface area (TPSA) is 67.9 Å². The molecule has 3 rings (SSSR count). The van der Waals surface area contributed by atoms with Crippen molar-refractivity contribution < 1.29 is 19.1 Å². The number of para-hydroxylation sites is 2. The zero-order chi connectivity index (χ0) is 21.5. The molecule has 6 nitrogen and oxygen atoms in total. The summed E-state index contributed by atoms with van der Waals surface area (Å²) in [6.45, 7) is 5.44. The van der Waals surface area contributed by atoms with E-state index in [0.717, 1.165) is 12.8 Å². The van der Waals surface area contributed by atoms with Gasteiger partial charge in [-0.05, 0) is 48.6 Å². The van der Waals surface area contributed by atoms with Crippen LogP contribution >= 0.6 is 0 Å². The van der Waals surface area contributed by atoms with Crippen LogP contribution in [0.15, 0.2) is 48.5 Å². The molecular weight excluding hydrogens is 380 g/mol. The second-order valence-corrected chi connectivity index (χ2v) is 7.84. The third-order valence-corrected chi connectivity index (χ3v) is 5.44. The Labute approximate surface area is 178 Å². The van der Waals surface area contributed by atoms with Gasteiger partial charge in [0.05, 0.1) is 7.11 Å². The smallest absolute Gasteiger partial charge is 0.260 e. The van der Waals surface area contributed by atoms with Crippen LogP contribution in [-0.4, -0.2) is 49.6 Å². The second-order valence-electron chi connectivity index (χ2n) is 7.84. The van der Waals surface area contributed by atoms with Gasteiger partial charge in [-0.3, -0.25) is 9.59 Å². The normalized spacial score (nSPS) is 14.5. The van der Waals surface area contributed by atoms with Gasteiger partial charge in [-0.2, -0.15) is 0 Å². The van der Waals surface area contributed by atoms with E-state index in [1.165, 1.54) is 5.56 Å². The molecule has 0 saturated carbocycles. The van der Waals surface area contributed by atoms with Crippen molar-refractivity contribution in [2.45, 2.75) is 38.6 Å². The molecule has 0 atom stereocenters. The number of nitrogens with one attached hydrogen (secondary N) is 1. The molecule has 160 valence electrons. The van der Waals surface area contributed by atoms with Crippen LogP contribution in [0, 0.1) is 0 Å². The summed E-state index contributed by atoms with van der Waals surface area (Å²) in [5.41, 5.74) is 1.89. The molecule has 1 N–H and O–H groups in total. The van der Waals surface area contributed by atoms with Gasteiger partial charge in [0.1, 0.15) is 0 Å². The van der Waals surface area contributed by atoms with Crippen LogP contribution in [-0.2, 0) is 4.79 Å². The lowest BCUT2D eigenvalue weighted by molar-refractivity contribution is -0.134. The number of hydrogen-bond acceptors (Lipinski definition) is 4. The highest BCUT2D eigenvalue weighted by Gasteiger charge is 2.24. The maximum absolute atomic E-state index is 12.5. The fraction of sp³-hybridized carbons (Fsp3) is 0.417. The molecule has 0 bridgehead atoms. The van der Waals surface area contributed by atoms with E-state index in [9.17, 15) is 9.59 Å². The summed E-state index contributed by atoms with van der Waals surface area (Å²) in [5.74, 6) is 1.48. The molecule has 2 aromatic carbocycles. The third kappa shape index (κ3) is 5.53. The maximum atomic E-state index is 12.5. The van der Waals surface area contributed by atoms with Gasteiger partial charge < -0.3 is 19.7 Å². The summed E-state index contributed by atoms with van der Waals surface area (Å²) in [6.07, 6.45) is 1.46. The Kier molecular flexibility index (Phi) is 7.33. The summed E-state index contributed by atoms with van der Waals surface area (Å²) in [4.78, 5) is 26.8. The van der Waals surface area contributed by atoms with E-state index in [1.54, 1.807) is 24.1 Å². The van der Waals surface area contributed by atoms with E-state index in [1.807, 2.05) is 36.4 Å². The Morgan fingerprint density at radius 2 is 1.67 bits per heavy atom. The fourth-order valence-electron chi connectivity index (χ4n) is 3.53. The molecule has 0 aliphatic carbocycles. The van der Waals surface area contributed by atoms with Crippen LogP contribution in [0.4, 0.5) is 0 Å². The number of carbonyl (C=O) groups excluding carboxylic acids is 2. The van der Waals surface area contributed by atoms with Crippen molar-refractivity contribution in [3.05, 3.63) is 59.7 Å². The van der Waals surface area contributed by atoms with E-state index in [4.69, 9.17) is 9.47 Å². The van der Waals surface area contributed by atoms with Crippen molar-refractivity contribution in [1.82, 2.24) is 10.2 Å². The number of benzene rings is 2. The number of ether oxygens (including phenoxy) is 2. The maximum Gasteiger partial charge on any atom is 0.260 e. The van der Waals surface area contributed by atoms with Crippen molar-refractivity contribution in [2.75, 3.05) is 26.8 Å². The SMILES string of the molecule is COc1ccccc1OCC(=O)N1CCC(NC(=O)c2ccc(C(C)C)cc2)CC1. The molecule has 0 radical (unpaired) electrons. The first-order valence-electron chi connectivity index (χ1n) is 10.4. The molecule has 0 aromatic heterocycles.